The molecule has 1 aromatic carbocycles. The quantitative estimate of drug-likeness (QED) is 0.736. The predicted octanol–water partition coefficient (Wildman–Crippen LogP) is 2.20. The van der Waals surface area contributed by atoms with Crippen LogP contribution in [0.15, 0.2) is 29.2 Å². The van der Waals surface area contributed by atoms with Crippen molar-refractivity contribution in [3.05, 3.63) is 24.3 Å². The van der Waals surface area contributed by atoms with Crippen LogP contribution >= 0.6 is 0 Å². The maximum absolute atomic E-state index is 12.7. The first-order chi connectivity index (χ1) is 11.7. The van der Waals surface area contributed by atoms with Crippen LogP contribution in [0.4, 0.5) is 0 Å². The van der Waals surface area contributed by atoms with Crippen LogP contribution in [0.25, 0.3) is 0 Å². The summed E-state index contributed by atoms with van der Waals surface area (Å²) < 4.78 is 38.1. The molecule has 1 saturated heterocycles. The maximum Gasteiger partial charge on any atom is 0.242 e. The van der Waals surface area contributed by atoms with E-state index >= 15 is 0 Å². The average Bonchev–Trinajstić information content (AvgIpc) is 2.51. The van der Waals surface area contributed by atoms with Gasteiger partial charge in [0, 0.05) is 33.2 Å². The average molecular weight is 371 g/mol. The fourth-order valence-corrected chi connectivity index (χ4v) is 4.17. The molecule has 1 heterocycles. The SMILES string of the molecule is CC(C)Oc1ccc(S(=O)(=O)N(C)CCN2C[C@@H](C)O[C@@H](C)C2)cc1. The Labute approximate surface area is 151 Å². The summed E-state index contributed by atoms with van der Waals surface area (Å²) in [5.74, 6) is 0.674. The van der Waals surface area contributed by atoms with Gasteiger partial charge in [-0.05, 0) is 52.0 Å². The topological polar surface area (TPSA) is 59.1 Å². The second kappa shape index (κ2) is 8.49. The lowest BCUT2D eigenvalue weighted by atomic mass is 10.2. The van der Waals surface area contributed by atoms with E-state index in [1.54, 1.807) is 31.3 Å². The van der Waals surface area contributed by atoms with E-state index in [4.69, 9.17) is 9.47 Å². The third kappa shape index (κ3) is 5.67. The molecule has 2 atom stereocenters. The Morgan fingerprint density at radius 3 is 2.28 bits per heavy atom. The first kappa shape index (κ1) is 20.2. The Morgan fingerprint density at radius 2 is 1.76 bits per heavy atom. The number of morpholine rings is 1. The lowest BCUT2D eigenvalue weighted by Gasteiger charge is -2.35. The first-order valence-corrected chi connectivity index (χ1v) is 10.2. The zero-order valence-corrected chi connectivity index (χ0v) is 16.6. The Balaban J connectivity index is 1.96. The van der Waals surface area contributed by atoms with Gasteiger partial charge in [0.15, 0.2) is 0 Å². The second-order valence-electron chi connectivity index (χ2n) is 6.98. The van der Waals surface area contributed by atoms with Crippen LogP contribution in [0, 0.1) is 0 Å². The van der Waals surface area contributed by atoms with Crippen molar-refractivity contribution < 1.29 is 17.9 Å². The van der Waals surface area contributed by atoms with Crippen LogP contribution < -0.4 is 4.74 Å². The number of sulfonamides is 1. The Hall–Kier alpha value is -1.15. The molecule has 0 saturated carbocycles. The van der Waals surface area contributed by atoms with E-state index in [2.05, 4.69) is 4.90 Å². The van der Waals surface area contributed by atoms with Gasteiger partial charge in [-0.15, -0.1) is 0 Å². The zero-order valence-electron chi connectivity index (χ0n) is 15.8. The predicted molar refractivity (Wildman–Crippen MR) is 98.5 cm³/mol. The van der Waals surface area contributed by atoms with Crippen molar-refractivity contribution in [2.75, 3.05) is 33.2 Å². The Morgan fingerprint density at radius 1 is 1.20 bits per heavy atom. The van der Waals surface area contributed by atoms with E-state index < -0.39 is 10.0 Å². The summed E-state index contributed by atoms with van der Waals surface area (Å²) in [4.78, 5) is 2.54. The highest BCUT2D eigenvalue weighted by Gasteiger charge is 2.25. The van der Waals surface area contributed by atoms with Gasteiger partial charge in [0.05, 0.1) is 23.2 Å². The molecule has 25 heavy (non-hydrogen) atoms. The monoisotopic (exact) mass is 370 g/mol. The molecule has 142 valence electrons. The van der Waals surface area contributed by atoms with Gasteiger partial charge in [-0.2, -0.15) is 4.31 Å². The van der Waals surface area contributed by atoms with Crippen molar-refractivity contribution in [2.45, 2.75) is 50.9 Å². The van der Waals surface area contributed by atoms with Crippen LogP contribution in [0.1, 0.15) is 27.7 Å². The molecule has 0 aliphatic carbocycles. The fourth-order valence-electron chi connectivity index (χ4n) is 3.01. The Kier molecular flexibility index (Phi) is 6.85. The standard InChI is InChI=1S/C18H30N2O4S/c1-14(2)23-17-6-8-18(9-7-17)25(21,22)19(5)10-11-20-12-15(3)24-16(4)13-20/h6-9,14-16H,10-13H2,1-5H3/t15-,16+. The van der Waals surface area contributed by atoms with Crippen LogP contribution in [-0.2, 0) is 14.8 Å². The van der Waals surface area contributed by atoms with Crippen LogP contribution in [-0.4, -0.2) is 69.2 Å². The van der Waals surface area contributed by atoms with Gasteiger partial charge in [0.1, 0.15) is 5.75 Å². The summed E-state index contributed by atoms with van der Waals surface area (Å²) in [6.45, 7) is 10.8. The number of ether oxygens (including phenoxy) is 2. The molecule has 1 aromatic rings. The maximum atomic E-state index is 12.7. The number of nitrogens with zero attached hydrogens (tertiary/aromatic N) is 2. The Bertz CT molecular complexity index is 636. The molecular weight excluding hydrogens is 340 g/mol. The molecule has 0 radical (unpaired) electrons. The third-order valence-electron chi connectivity index (χ3n) is 4.13. The van der Waals surface area contributed by atoms with Gasteiger partial charge in [-0.25, -0.2) is 8.42 Å². The molecule has 1 aliphatic heterocycles. The van der Waals surface area contributed by atoms with Gasteiger partial charge in [-0.3, -0.25) is 4.90 Å². The van der Waals surface area contributed by atoms with E-state index in [-0.39, 0.29) is 23.2 Å². The molecule has 1 aliphatic rings. The van der Waals surface area contributed by atoms with E-state index in [0.29, 0.717) is 18.8 Å². The van der Waals surface area contributed by atoms with Crippen molar-refractivity contribution in [3.63, 3.8) is 0 Å². The normalized spacial score (nSPS) is 22.5. The van der Waals surface area contributed by atoms with Crippen molar-refractivity contribution in [1.29, 1.82) is 0 Å². The summed E-state index contributed by atoms with van der Waals surface area (Å²) in [5.41, 5.74) is 0. The second-order valence-corrected chi connectivity index (χ2v) is 9.03. The molecule has 0 aromatic heterocycles. The first-order valence-electron chi connectivity index (χ1n) is 8.79. The molecule has 7 heteroatoms. The summed E-state index contributed by atoms with van der Waals surface area (Å²) in [6, 6.07) is 6.60. The van der Waals surface area contributed by atoms with Gasteiger partial charge >= 0.3 is 0 Å². The molecule has 6 nitrogen and oxygen atoms in total. The molecule has 0 spiro atoms. The summed E-state index contributed by atoms with van der Waals surface area (Å²) in [7, 11) is -1.87. The lowest BCUT2D eigenvalue weighted by Crippen LogP contribution is -2.48. The number of rotatable bonds is 7. The minimum absolute atomic E-state index is 0.0587. The molecule has 2 rings (SSSR count). The van der Waals surface area contributed by atoms with Crippen LogP contribution in [0.2, 0.25) is 0 Å². The third-order valence-corrected chi connectivity index (χ3v) is 6.00. The summed E-state index contributed by atoms with van der Waals surface area (Å²) in [6.07, 6.45) is 0.418. The minimum atomic E-state index is -3.49. The highest BCUT2D eigenvalue weighted by atomic mass is 32.2. The summed E-state index contributed by atoms with van der Waals surface area (Å²) in [5, 5.41) is 0. The van der Waals surface area contributed by atoms with E-state index in [9.17, 15) is 8.42 Å². The smallest absolute Gasteiger partial charge is 0.242 e. The van der Waals surface area contributed by atoms with Crippen LogP contribution in [0.5, 0.6) is 5.75 Å². The van der Waals surface area contributed by atoms with Crippen molar-refractivity contribution in [3.8, 4) is 5.75 Å². The molecule has 0 bridgehead atoms. The fraction of sp³-hybridized carbons (Fsp3) is 0.667. The van der Waals surface area contributed by atoms with Gasteiger partial charge in [0.2, 0.25) is 10.0 Å². The lowest BCUT2D eigenvalue weighted by molar-refractivity contribution is -0.0681. The molecule has 0 unspecified atom stereocenters. The zero-order chi connectivity index (χ0) is 18.6. The summed E-state index contributed by atoms with van der Waals surface area (Å²) >= 11 is 0. The molecule has 1 fully saturated rings. The number of likely N-dealkylation sites (N-methyl/N-ethyl adjacent to an activating group) is 1. The highest BCUT2D eigenvalue weighted by Crippen LogP contribution is 2.20. The van der Waals surface area contributed by atoms with Crippen molar-refractivity contribution >= 4 is 10.0 Å². The van der Waals surface area contributed by atoms with E-state index in [1.165, 1.54) is 4.31 Å². The van der Waals surface area contributed by atoms with Gasteiger partial charge < -0.3 is 9.47 Å². The minimum Gasteiger partial charge on any atom is -0.491 e. The highest BCUT2D eigenvalue weighted by molar-refractivity contribution is 7.89. The van der Waals surface area contributed by atoms with Gasteiger partial charge in [-0.1, -0.05) is 0 Å². The van der Waals surface area contributed by atoms with Crippen molar-refractivity contribution in [1.82, 2.24) is 9.21 Å². The van der Waals surface area contributed by atoms with Gasteiger partial charge in [0.25, 0.3) is 0 Å². The number of hydrogen-bond donors (Lipinski definition) is 0. The van der Waals surface area contributed by atoms with Crippen molar-refractivity contribution in [2.24, 2.45) is 0 Å². The number of benzene rings is 1. The molecule has 0 amide bonds. The van der Waals surface area contributed by atoms with E-state index in [0.717, 1.165) is 13.1 Å². The van der Waals surface area contributed by atoms with Crippen LogP contribution in [0.3, 0.4) is 0 Å². The molecular formula is C18H30N2O4S. The molecule has 0 N–H and O–H groups in total. The number of hydrogen-bond acceptors (Lipinski definition) is 5. The van der Waals surface area contributed by atoms with E-state index in [1.807, 2.05) is 27.7 Å². The largest absolute Gasteiger partial charge is 0.491 e.